The molecule has 0 aliphatic rings. The number of aromatic nitrogens is 1. The highest BCUT2D eigenvalue weighted by Gasteiger charge is 2.36. The van der Waals surface area contributed by atoms with E-state index < -0.39 is 14.4 Å². The first-order valence-corrected chi connectivity index (χ1v) is 15.6. The van der Waals surface area contributed by atoms with Crippen molar-refractivity contribution in [3.63, 3.8) is 0 Å². The average Bonchev–Trinajstić information content (AvgIpc) is 2.83. The number of pyridine rings is 1. The molecule has 1 aromatic heterocycles. The summed E-state index contributed by atoms with van der Waals surface area (Å²) in [6.07, 6.45) is 8.06. The van der Waals surface area contributed by atoms with Gasteiger partial charge < -0.3 is 14.5 Å². The van der Waals surface area contributed by atoms with Crippen molar-refractivity contribution in [1.29, 1.82) is 0 Å². The zero-order chi connectivity index (χ0) is 25.6. The van der Waals surface area contributed by atoms with Crippen LogP contribution in [-0.2, 0) is 22.3 Å². The van der Waals surface area contributed by atoms with Gasteiger partial charge >= 0.3 is 6.09 Å². The third-order valence-corrected chi connectivity index (χ3v) is 10.9. The highest BCUT2D eigenvalue weighted by Crippen LogP contribution is 2.36. The number of hydrogen-bond acceptors (Lipinski definition) is 4. The van der Waals surface area contributed by atoms with Gasteiger partial charge in [0.05, 0.1) is 12.2 Å². The van der Waals surface area contributed by atoms with Gasteiger partial charge in [-0.1, -0.05) is 82.2 Å². The van der Waals surface area contributed by atoms with E-state index in [1.54, 1.807) is 6.20 Å². The molecule has 35 heavy (non-hydrogen) atoms. The number of alkyl carbamates (subject to hydrolysis) is 1. The summed E-state index contributed by atoms with van der Waals surface area (Å²) in [5.41, 5.74) is 2.62. The molecule has 190 valence electrons. The molecule has 2 aromatic rings. The second kappa shape index (κ2) is 14.7. The van der Waals surface area contributed by atoms with E-state index in [0.29, 0.717) is 6.54 Å². The smallest absolute Gasteiger partial charge is 0.407 e. The van der Waals surface area contributed by atoms with Gasteiger partial charge in [-0.05, 0) is 48.7 Å². The van der Waals surface area contributed by atoms with E-state index in [2.05, 4.69) is 56.0 Å². The van der Waals surface area contributed by atoms with Crippen LogP contribution in [0, 0.1) is 11.8 Å². The predicted molar refractivity (Wildman–Crippen MR) is 145 cm³/mol. The number of nitrogens with zero attached hydrogens (tertiary/aromatic N) is 1. The molecule has 0 atom stereocenters. The van der Waals surface area contributed by atoms with Gasteiger partial charge in [-0.3, -0.25) is 4.98 Å². The van der Waals surface area contributed by atoms with Crippen molar-refractivity contribution in [2.24, 2.45) is 0 Å². The maximum atomic E-state index is 11.9. The van der Waals surface area contributed by atoms with E-state index >= 15 is 0 Å². The maximum absolute atomic E-state index is 11.9. The van der Waals surface area contributed by atoms with Crippen LogP contribution in [0.15, 0.2) is 48.7 Å². The van der Waals surface area contributed by atoms with Gasteiger partial charge in [0.1, 0.15) is 6.61 Å². The molecule has 1 amide bonds. The van der Waals surface area contributed by atoms with Crippen molar-refractivity contribution >= 4 is 14.4 Å². The quantitative estimate of drug-likeness (QED) is 0.192. The molecule has 0 fully saturated rings. The first-order chi connectivity index (χ1) is 16.7. The zero-order valence-corrected chi connectivity index (χ0v) is 23.2. The summed E-state index contributed by atoms with van der Waals surface area (Å²) in [6.45, 7) is 12.9. The van der Waals surface area contributed by atoms with Gasteiger partial charge in [0.25, 0.3) is 0 Å². The maximum Gasteiger partial charge on any atom is 0.407 e. The molecule has 0 spiro atoms. The Labute approximate surface area is 213 Å². The van der Waals surface area contributed by atoms with Gasteiger partial charge in [0, 0.05) is 24.8 Å². The topological polar surface area (TPSA) is 60.5 Å². The molecule has 0 unspecified atom stereocenters. The van der Waals surface area contributed by atoms with Crippen LogP contribution in [0.3, 0.4) is 0 Å². The van der Waals surface area contributed by atoms with Gasteiger partial charge in [-0.25, -0.2) is 4.79 Å². The summed E-state index contributed by atoms with van der Waals surface area (Å²) in [5, 5.41) is 3.02. The van der Waals surface area contributed by atoms with Crippen LogP contribution in [0.5, 0.6) is 0 Å². The minimum atomic E-state index is -1.60. The van der Waals surface area contributed by atoms with Gasteiger partial charge in [0.15, 0.2) is 8.32 Å². The van der Waals surface area contributed by atoms with Crippen LogP contribution in [0.25, 0.3) is 0 Å². The zero-order valence-electron chi connectivity index (χ0n) is 22.2. The highest BCUT2D eigenvalue weighted by molar-refractivity contribution is 6.74. The Hall–Kier alpha value is -2.62. The summed E-state index contributed by atoms with van der Waals surface area (Å²) in [5.74, 6) is 6.47. The number of ether oxygens (including phenoxy) is 1. The SMILES string of the molecule is CC(C)(C)[Si](C)(C)OCCCCCCCC#Cc1ccnc(CNC(=O)OCc2ccccc2)c1. The molecule has 0 aliphatic carbocycles. The summed E-state index contributed by atoms with van der Waals surface area (Å²) < 4.78 is 11.5. The molecular formula is C29H42N2O3Si. The molecule has 2 rings (SSSR count). The van der Waals surface area contributed by atoms with Gasteiger partial charge in [0.2, 0.25) is 0 Å². The van der Waals surface area contributed by atoms with E-state index in [0.717, 1.165) is 42.7 Å². The third kappa shape index (κ3) is 11.6. The molecule has 5 nitrogen and oxygen atoms in total. The van der Waals surface area contributed by atoms with E-state index in [9.17, 15) is 4.79 Å². The first kappa shape index (κ1) is 28.6. The molecule has 0 radical (unpaired) electrons. The van der Waals surface area contributed by atoms with Crippen molar-refractivity contribution in [2.75, 3.05) is 6.61 Å². The fourth-order valence-corrected chi connectivity index (χ4v) is 4.23. The van der Waals surface area contributed by atoms with Crippen molar-refractivity contribution in [3.8, 4) is 11.8 Å². The predicted octanol–water partition coefficient (Wildman–Crippen LogP) is 7.22. The van der Waals surface area contributed by atoms with Gasteiger partial charge in [-0.15, -0.1) is 0 Å². The standard InChI is InChI=1S/C29H42N2O3Si/c1-29(2,3)35(4,5)34-21-15-10-8-6-7-9-12-16-25-19-20-30-27(22-25)23-31-28(32)33-24-26-17-13-11-14-18-26/h11,13-14,17-20,22H,6-10,15,21,23-24H2,1-5H3,(H,31,32). The summed E-state index contributed by atoms with van der Waals surface area (Å²) in [6, 6.07) is 13.4. The van der Waals surface area contributed by atoms with Crippen LogP contribution in [0.2, 0.25) is 18.1 Å². The minimum absolute atomic E-state index is 0.246. The Morgan fingerprint density at radius 2 is 1.74 bits per heavy atom. The molecule has 1 heterocycles. The summed E-state index contributed by atoms with van der Waals surface area (Å²) in [4.78, 5) is 16.2. The number of nitrogens with one attached hydrogen (secondary N) is 1. The normalized spacial score (nSPS) is 11.5. The van der Waals surface area contributed by atoms with E-state index in [4.69, 9.17) is 9.16 Å². The molecular weight excluding hydrogens is 452 g/mol. The third-order valence-electron chi connectivity index (χ3n) is 6.39. The lowest BCUT2D eigenvalue weighted by molar-refractivity contribution is 0.139. The van der Waals surface area contributed by atoms with E-state index in [1.165, 1.54) is 19.3 Å². The Morgan fingerprint density at radius 1 is 1.03 bits per heavy atom. The summed E-state index contributed by atoms with van der Waals surface area (Å²) >= 11 is 0. The number of benzene rings is 1. The number of amides is 1. The molecule has 6 heteroatoms. The second-order valence-electron chi connectivity index (χ2n) is 10.4. The Balaban J connectivity index is 1.58. The Kier molecular flexibility index (Phi) is 12.0. The van der Waals surface area contributed by atoms with Crippen LogP contribution >= 0.6 is 0 Å². The number of unbranched alkanes of at least 4 members (excludes halogenated alkanes) is 5. The van der Waals surface area contributed by atoms with Crippen LogP contribution in [-0.4, -0.2) is 26.0 Å². The average molecular weight is 495 g/mol. The first-order valence-electron chi connectivity index (χ1n) is 12.7. The molecule has 0 aliphatic heterocycles. The lowest BCUT2D eigenvalue weighted by atomic mass is 10.1. The van der Waals surface area contributed by atoms with Crippen LogP contribution in [0.4, 0.5) is 4.79 Å². The number of carbonyl (C=O) groups excluding carboxylic acids is 1. The minimum Gasteiger partial charge on any atom is -0.445 e. The van der Waals surface area contributed by atoms with Crippen LogP contribution < -0.4 is 5.32 Å². The molecule has 0 saturated carbocycles. The summed E-state index contributed by atoms with van der Waals surface area (Å²) in [7, 11) is -1.60. The lowest BCUT2D eigenvalue weighted by Gasteiger charge is -2.36. The lowest BCUT2D eigenvalue weighted by Crippen LogP contribution is -2.40. The van der Waals surface area contributed by atoms with Crippen molar-refractivity contribution in [1.82, 2.24) is 10.3 Å². The van der Waals surface area contributed by atoms with E-state index in [1.807, 2.05) is 42.5 Å². The highest BCUT2D eigenvalue weighted by atomic mass is 28.4. The largest absolute Gasteiger partial charge is 0.445 e. The second-order valence-corrected chi connectivity index (χ2v) is 15.2. The fraction of sp³-hybridized carbons (Fsp3) is 0.517. The van der Waals surface area contributed by atoms with Crippen LogP contribution in [0.1, 0.15) is 76.1 Å². The number of hydrogen-bond donors (Lipinski definition) is 1. The Bertz CT molecular complexity index is 959. The molecule has 1 N–H and O–H groups in total. The van der Waals surface area contributed by atoms with Crippen molar-refractivity contribution in [3.05, 3.63) is 65.5 Å². The number of rotatable bonds is 12. The van der Waals surface area contributed by atoms with Crippen molar-refractivity contribution < 1.29 is 14.0 Å². The molecule has 0 saturated heterocycles. The van der Waals surface area contributed by atoms with Gasteiger partial charge in [-0.2, -0.15) is 0 Å². The Morgan fingerprint density at radius 3 is 2.49 bits per heavy atom. The monoisotopic (exact) mass is 494 g/mol. The van der Waals surface area contributed by atoms with Crippen molar-refractivity contribution in [2.45, 2.75) is 90.6 Å². The molecule has 0 bridgehead atoms. The fourth-order valence-electron chi connectivity index (χ4n) is 3.14. The number of carbonyl (C=O) groups is 1. The van der Waals surface area contributed by atoms with E-state index in [-0.39, 0.29) is 11.6 Å². The molecule has 1 aromatic carbocycles.